The highest BCUT2D eigenvalue weighted by molar-refractivity contribution is 5.62. The Morgan fingerprint density at radius 1 is 1.40 bits per heavy atom. The van der Waals surface area contributed by atoms with Gasteiger partial charge in [0.1, 0.15) is 0 Å². The van der Waals surface area contributed by atoms with Crippen LogP contribution in [-0.4, -0.2) is 6.54 Å². The zero-order valence-corrected chi connectivity index (χ0v) is 9.42. The van der Waals surface area contributed by atoms with Gasteiger partial charge in [-0.3, -0.25) is 0 Å². The van der Waals surface area contributed by atoms with Crippen LogP contribution in [0.25, 0.3) is 0 Å². The minimum atomic E-state index is 0.877. The van der Waals surface area contributed by atoms with E-state index in [9.17, 15) is 0 Å². The molecule has 82 valence electrons. The van der Waals surface area contributed by atoms with Gasteiger partial charge in [-0.1, -0.05) is 18.9 Å². The minimum Gasteiger partial charge on any atom is -0.398 e. The first kappa shape index (κ1) is 10.3. The summed E-state index contributed by atoms with van der Waals surface area (Å²) >= 11 is 0. The van der Waals surface area contributed by atoms with Crippen LogP contribution in [-0.2, 0) is 0 Å². The summed E-state index contributed by atoms with van der Waals surface area (Å²) in [5.74, 6) is 1.04. The molecule has 2 heteroatoms. The molecule has 0 radical (unpaired) electrons. The zero-order chi connectivity index (χ0) is 10.7. The summed E-state index contributed by atoms with van der Waals surface area (Å²) in [7, 11) is 0. The van der Waals surface area contributed by atoms with Gasteiger partial charge in [-0.25, -0.2) is 0 Å². The van der Waals surface area contributed by atoms with Gasteiger partial charge >= 0.3 is 0 Å². The molecule has 1 aliphatic rings. The van der Waals surface area contributed by atoms with E-state index in [4.69, 9.17) is 5.73 Å². The van der Waals surface area contributed by atoms with Gasteiger partial charge in [0.15, 0.2) is 0 Å². The number of benzene rings is 1. The standard InChI is InChI=1S/C13H20N2/c1-10-12(14)5-2-6-13(10)15-9-3-4-11-7-8-11/h2,5-6,11,15H,3-4,7-9,14H2,1H3. The van der Waals surface area contributed by atoms with Crippen molar-refractivity contribution >= 4 is 11.4 Å². The van der Waals surface area contributed by atoms with Crippen molar-refractivity contribution in [2.24, 2.45) is 5.92 Å². The molecule has 15 heavy (non-hydrogen) atoms. The van der Waals surface area contributed by atoms with Crippen LogP contribution in [0.1, 0.15) is 31.2 Å². The first-order valence-electron chi connectivity index (χ1n) is 5.86. The molecule has 0 aromatic heterocycles. The maximum absolute atomic E-state index is 5.84. The summed E-state index contributed by atoms with van der Waals surface area (Å²) < 4.78 is 0. The van der Waals surface area contributed by atoms with Crippen molar-refractivity contribution in [1.82, 2.24) is 0 Å². The van der Waals surface area contributed by atoms with Crippen LogP contribution in [0.3, 0.4) is 0 Å². The smallest absolute Gasteiger partial charge is 0.0390 e. The third-order valence-electron chi connectivity index (χ3n) is 3.18. The topological polar surface area (TPSA) is 38.0 Å². The predicted molar refractivity (Wildman–Crippen MR) is 66.0 cm³/mol. The lowest BCUT2D eigenvalue weighted by molar-refractivity contribution is 0.687. The van der Waals surface area contributed by atoms with E-state index in [1.54, 1.807) is 0 Å². The summed E-state index contributed by atoms with van der Waals surface area (Å²) in [5.41, 5.74) is 9.08. The zero-order valence-electron chi connectivity index (χ0n) is 9.42. The number of nitrogen functional groups attached to an aromatic ring is 1. The molecule has 2 rings (SSSR count). The van der Waals surface area contributed by atoms with E-state index in [1.165, 1.54) is 36.9 Å². The molecule has 1 aliphatic carbocycles. The first-order chi connectivity index (χ1) is 7.27. The Morgan fingerprint density at radius 3 is 2.93 bits per heavy atom. The highest BCUT2D eigenvalue weighted by Crippen LogP contribution is 2.33. The Kier molecular flexibility index (Phi) is 3.14. The molecule has 1 fully saturated rings. The van der Waals surface area contributed by atoms with Gasteiger partial charge in [0, 0.05) is 17.9 Å². The average molecular weight is 204 g/mol. The molecule has 1 aromatic rings. The van der Waals surface area contributed by atoms with Gasteiger partial charge in [-0.2, -0.15) is 0 Å². The lowest BCUT2D eigenvalue weighted by atomic mass is 10.1. The van der Waals surface area contributed by atoms with Gasteiger partial charge in [-0.15, -0.1) is 0 Å². The van der Waals surface area contributed by atoms with Crippen LogP contribution < -0.4 is 11.1 Å². The number of nitrogens with two attached hydrogens (primary N) is 1. The van der Waals surface area contributed by atoms with Gasteiger partial charge in [-0.05, 0) is 43.4 Å². The van der Waals surface area contributed by atoms with Crippen LogP contribution in [0, 0.1) is 12.8 Å². The monoisotopic (exact) mass is 204 g/mol. The van der Waals surface area contributed by atoms with Crippen molar-refractivity contribution < 1.29 is 0 Å². The van der Waals surface area contributed by atoms with Crippen LogP contribution in [0.15, 0.2) is 18.2 Å². The Balaban J connectivity index is 1.78. The van der Waals surface area contributed by atoms with E-state index in [-0.39, 0.29) is 0 Å². The predicted octanol–water partition coefficient (Wildman–Crippen LogP) is 3.18. The second-order valence-electron chi connectivity index (χ2n) is 4.53. The largest absolute Gasteiger partial charge is 0.398 e. The summed E-state index contributed by atoms with van der Waals surface area (Å²) in [6.07, 6.45) is 5.57. The van der Waals surface area contributed by atoms with Crippen molar-refractivity contribution in [3.63, 3.8) is 0 Å². The van der Waals surface area contributed by atoms with Crippen molar-refractivity contribution in [1.29, 1.82) is 0 Å². The fourth-order valence-corrected chi connectivity index (χ4v) is 1.87. The average Bonchev–Trinajstić information content (AvgIpc) is 3.02. The molecule has 1 saturated carbocycles. The maximum atomic E-state index is 5.84. The highest BCUT2D eigenvalue weighted by atomic mass is 14.9. The van der Waals surface area contributed by atoms with E-state index >= 15 is 0 Å². The second-order valence-corrected chi connectivity index (χ2v) is 4.53. The summed E-state index contributed by atoms with van der Waals surface area (Å²) in [5, 5.41) is 3.46. The van der Waals surface area contributed by atoms with Crippen LogP contribution in [0.4, 0.5) is 11.4 Å². The van der Waals surface area contributed by atoms with Crippen molar-refractivity contribution in [3.8, 4) is 0 Å². The van der Waals surface area contributed by atoms with E-state index in [0.717, 1.165) is 18.2 Å². The molecule has 0 atom stereocenters. The number of nitrogens with one attached hydrogen (secondary N) is 1. The van der Waals surface area contributed by atoms with E-state index in [2.05, 4.69) is 18.3 Å². The van der Waals surface area contributed by atoms with Crippen LogP contribution in [0.2, 0.25) is 0 Å². The molecule has 1 aromatic carbocycles. The molecule has 3 N–H and O–H groups in total. The number of rotatable bonds is 5. The molecular formula is C13H20N2. The summed E-state index contributed by atoms with van der Waals surface area (Å²) in [6.45, 7) is 3.14. The Morgan fingerprint density at radius 2 is 2.20 bits per heavy atom. The fourth-order valence-electron chi connectivity index (χ4n) is 1.87. The molecular weight excluding hydrogens is 184 g/mol. The lowest BCUT2D eigenvalue weighted by Crippen LogP contribution is -2.04. The number of hydrogen-bond donors (Lipinski definition) is 2. The van der Waals surface area contributed by atoms with Crippen molar-refractivity contribution in [2.75, 3.05) is 17.6 Å². The molecule has 0 bridgehead atoms. The third kappa shape index (κ3) is 2.88. The molecule has 0 saturated heterocycles. The highest BCUT2D eigenvalue weighted by Gasteiger charge is 2.19. The van der Waals surface area contributed by atoms with Gasteiger partial charge in [0.05, 0.1) is 0 Å². The number of anilines is 2. The van der Waals surface area contributed by atoms with Gasteiger partial charge in [0.25, 0.3) is 0 Å². The van der Waals surface area contributed by atoms with Crippen molar-refractivity contribution in [3.05, 3.63) is 23.8 Å². The molecule has 0 amide bonds. The minimum absolute atomic E-state index is 0.877. The Hall–Kier alpha value is -1.18. The second kappa shape index (κ2) is 4.56. The van der Waals surface area contributed by atoms with E-state index in [0.29, 0.717) is 0 Å². The number of hydrogen-bond acceptors (Lipinski definition) is 2. The van der Waals surface area contributed by atoms with Gasteiger partial charge < -0.3 is 11.1 Å². The van der Waals surface area contributed by atoms with Crippen molar-refractivity contribution in [2.45, 2.75) is 32.6 Å². The quantitative estimate of drug-likeness (QED) is 0.571. The van der Waals surface area contributed by atoms with Crippen LogP contribution in [0.5, 0.6) is 0 Å². The Bertz CT molecular complexity index is 329. The summed E-state index contributed by atoms with van der Waals surface area (Å²) in [6, 6.07) is 6.05. The van der Waals surface area contributed by atoms with Crippen LogP contribution >= 0.6 is 0 Å². The SMILES string of the molecule is Cc1c(N)cccc1NCCCC1CC1. The molecule has 0 unspecified atom stereocenters. The van der Waals surface area contributed by atoms with Gasteiger partial charge in [0.2, 0.25) is 0 Å². The fraction of sp³-hybridized carbons (Fsp3) is 0.538. The molecule has 0 heterocycles. The molecule has 2 nitrogen and oxygen atoms in total. The van der Waals surface area contributed by atoms with E-state index < -0.39 is 0 Å². The third-order valence-corrected chi connectivity index (χ3v) is 3.18. The molecule has 0 aliphatic heterocycles. The first-order valence-corrected chi connectivity index (χ1v) is 5.86. The lowest BCUT2D eigenvalue weighted by Gasteiger charge is -2.10. The normalized spacial score (nSPS) is 15.3. The molecule has 0 spiro atoms. The Labute approximate surface area is 91.9 Å². The summed E-state index contributed by atoms with van der Waals surface area (Å²) in [4.78, 5) is 0. The maximum Gasteiger partial charge on any atom is 0.0390 e. The van der Waals surface area contributed by atoms with E-state index in [1.807, 2.05) is 12.1 Å².